The first kappa shape index (κ1) is 26.8. The van der Waals surface area contributed by atoms with Gasteiger partial charge < -0.3 is 4.42 Å². The minimum atomic E-state index is -4.07. The molecule has 0 saturated heterocycles. The van der Waals surface area contributed by atoms with Crippen molar-refractivity contribution in [1.29, 1.82) is 0 Å². The summed E-state index contributed by atoms with van der Waals surface area (Å²) in [6, 6.07) is 20.9. The Morgan fingerprint density at radius 2 is 1.70 bits per heavy atom. The molecule has 0 radical (unpaired) electrons. The van der Waals surface area contributed by atoms with Crippen molar-refractivity contribution in [3.63, 3.8) is 0 Å². The fraction of sp³-hybridized carbons (Fsp3) is 0.0769. The van der Waals surface area contributed by atoms with Crippen LogP contribution in [0.4, 0.5) is 5.69 Å². The molecule has 0 aliphatic rings. The number of carbonyl (C=O) groups excluding carboxylic acids is 1. The lowest BCUT2D eigenvalue weighted by atomic mass is 10.2. The van der Waals surface area contributed by atoms with Crippen molar-refractivity contribution in [3.05, 3.63) is 105 Å². The number of nitrogens with one attached hydrogen (secondary N) is 1. The van der Waals surface area contributed by atoms with E-state index >= 15 is 0 Å². The molecular weight excluding hydrogens is 557 g/mol. The molecule has 4 aromatic rings. The van der Waals surface area contributed by atoms with E-state index in [1.165, 1.54) is 24.4 Å². The van der Waals surface area contributed by atoms with E-state index < -0.39 is 22.5 Å². The standard InChI is InChI=1S/C26H20Cl3N3O4S/c1-17-5-9-22(10-6-17)37(34,35)32(20-4-2-3-18(27)13-20)16-26(33)31-30-15-21-8-12-25(36-21)23-11-7-19(28)14-24(23)29/h2-15H,16H2,1H3,(H,31,33)/b30-15-. The Labute approximate surface area is 229 Å². The molecule has 0 saturated carbocycles. The van der Waals surface area contributed by atoms with Gasteiger partial charge in [-0.25, -0.2) is 13.8 Å². The third-order valence-corrected chi connectivity index (χ3v) is 7.77. The molecule has 1 N–H and O–H groups in total. The maximum absolute atomic E-state index is 13.4. The fourth-order valence-corrected chi connectivity index (χ4v) is 5.47. The molecule has 1 aromatic heterocycles. The number of nitrogens with zero attached hydrogens (tertiary/aromatic N) is 2. The average molecular weight is 577 g/mol. The van der Waals surface area contributed by atoms with E-state index in [4.69, 9.17) is 39.2 Å². The molecular formula is C26H20Cl3N3O4S. The fourth-order valence-electron chi connectivity index (χ4n) is 3.37. The summed E-state index contributed by atoms with van der Waals surface area (Å²) in [4.78, 5) is 12.8. The second-order valence-corrected chi connectivity index (χ2v) is 11.1. The molecule has 11 heteroatoms. The summed E-state index contributed by atoms with van der Waals surface area (Å²) in [6.45, 7) is 1.32. The van der Waals surface area contributed by atoms with Gasteiger partial charge in [-0.2, -0.15) is 5.10 Å². The summed E-state index contributed by atoms with van der Waals surface area (Å²) in [5.41, 5.74) is 4.12. The van der Waals surface area contributed by atoms with Gasteiger partial charge in [-0.1, -0.05) is 58.6 Å². The lowest BCUT2D eigenvalue weighted by molar-refractivity contribution is -0.119. The number of aryl methyl sites for hydroxylation is 1. The van der Waals surface area contributed by atoms with Gasteiger partial charge in [-0.05, 0) is 67.6 Å². The second-order valence-electron chi connectivity index (χ2n) is 7.92. The maximum atomic E-state index is 13.4. The van der Waals surface area contributed by atoms with Gasteiger partial charge >= 0.3 is 0 Å². The first-order chi connectivity index (χ1) is 17.6. The lowest BCUT2D eigenvalue weighted by Gasteiger charge is -2.24. The summed E-state index contributed by atoms with van der Waals surface area (Å²) in [7, 11) is -4.07. The van der Waals surface area contributed by atoms with Gasteiger partial charge in [0.15, 0.2) is 0 Å². The summed E-state index contributed by atoms with van der Waals surface area (Å²) in [5.74, 6) is 0.172. The van der Waals surface area contributed by atoms with Gasteiger partial charge in [0.2, 0.25) is 0 Å². The number of carbonyl (C=O) groups is 1. The van der Waals surface area contributed by atoms with E-state index in [0.717, 1.165) is 9.87 Å². The number of benzene rings is 3. The number of amides is 1. The Morgan fingerprint density at radius 3 is 2.41 bits per heavy atom. The topological polar surface area (TPSA) is 92.0 Å². The summed E-state index contributed by atoms with van der Waals surface area (Å²) < 4.78 is 33.5. The second kappa shape index (κ2) is 11.4. The molecule has 0 aliphatic carbocycles. The first-order valence-corrected chi connectivity index (χ1v) is 13.4. The summed E-state index contributed by atoms with van der Waals surface area (Å²) in [6.07, 6.45) is 1.30. The average Bonchev–Trinajstić information content (AvgIpc) is 3.31. The molecule has 7 nitrogen and oxygen atoms in total. The van der Waals surface area contributed by atoms with Crippen molar-refractivity contribution in [2.24, 2.45) is 5.10 Å². The molecule has 0 atom stereocenters. The number of hydrogen-bond acceptors (Lipinski definition) is 5. The number of rotatable bonds is 8. The molecule has 0 aliphatic heterocycles. The molecule has 1 heterocycles. The number of sulfonamides is 1. The van der Waals surface area contributed by atoms with Gasteiger partial charge in [-0.15, -0.1) is 0 Å². The molecule has 1 amide bonds. The van der Waals surface area contributed by atoms with Crippen LogP contribution in [0.3, 0.4) is 0 Å². The van der Waals surface area contributed by atoms with Crippen LogP contribution in [0.2, 0.25) is 15.1 Å². The lowest BCUT2D eigenvalue weighted by Crippen LogP contribution is -2.39. The Kier molecular flexibility index (Phi) is 8.24. The van der Waals surface area contributed by atoms with Crippen LogP contribution >= 0.6 is 34.8 Å². The zero-order chi connectivity index (χ0) is 26.6. The third-order valence-electron chi connectivity index (χ3n) is 5.20. The zero-order valence-electron chi connectivity index (χ0n) is 19.4. The van der Waals surface area contributed by atoms with Gasteiger partial charge in [0.1, 0.15) is 18.1 Å². The Bertz CT molecular complexity index is 1570. The minimum absolute atomic E-state index is 0.0401. The Balaban J connectivity index is 1.50. The summed E-state index contributed by atoms with van der Waals surface area (Å²) >= 11 is 18.2. The van der Waals surface area contributed by atoms with E-state index in [1.54, 1.807) is 60.7 Å². The van der Waals surface area contributed by atoms with Crippen LogP contribution in [0.1, 0.15) is 11.3 Å². The van der Waals surface area contributed by atoms with Gasteiger partial charge in [0.25, 0.3) is 15.9 Å². The maximum Gasteiger partial charge on any atom is 0.264 e. The zero-order valence-corrected chi connectivity index (χ0v) is 22.4. The highest BCUT2D eigenvalue weighted by Crippen LogP contribution is 2.31. The number of hydrogen-bond donors (Lipinski definition) is 1. The molecule has 0 fully saturated rings. The number of anilines is 1. The predicted octanol–water partition coefficient (Wildman–Crippen LogP) is 6.56. The van der Waals surface area contributed by atoms with Crippen LogP contribution < -0.4 is 9.73 Å². The molecule has 0 bridgehead atoms. The van der Waals surface area contributed by atoms with Gasteiger partial charge in [0.05, 0.1) is 21.8 Å². The van der Waals surface area contributed by atoms with Crippen molar-refractivity contribution < 1.29 is 17.6 Å². The predicted molar refractivity (Wildman–Crippen MR) is 147 cm³/mol. The molecule has 3 aromatic carbocycles. The third kappa shape index (κ3) is 6.53. The van der Waals surface area contributed by atoms with Crippen LogP contribution in [0.25, 0.3) is 11.3 Å². The van der Waals surface area contributed by atoms with Crippen LogP contribution in [-0.2, 0) is 14.8 Å². The van der Waals surface area contributed by atoms with Crippen molar-refractivity contribution >= 4 is 62.6 Å². The molecule has 0 spiro atoms. The van der Waals surface area contributed by atoms with Crippen LogP contribution in [0, 0.1) is 6.92 Å². The number of furan rings is 1. The molecule has 37 heavy (non-hydrogen) atoms. The van der Waals surface area contributed by atoms with Crippen LogP contribution in [-0.4, -0.2) is 27.1 Å². The van der Waals surface area contributed by atoms with Gasteiger partial charge in [-0.3, -0.25) is 9.10 Å². The van der Waals surface area contributed by atoms with Crippen LogP contribution in [0.15, 0.2) is 93.3 Å². The quantitative estimate of drug-likeness (QED) is 0.190. The van der Waals surface area contributed by atoms with Crippen LogP contribution in [0.5, 0.6) is 0 Å². The number of halogens is 3. The van der Waals surface area contributed by atoms with Crippen molar-refractivity contribution in [3.8, 4) is 11.3 Å². The van der Waals surface area contributed by atoms with E-state index in [0.29, 0.717) is 32.2 Å². The highest BCUT2D eigenvalue weighted by atomic mass is 35.5. The van der Waals surface area contributed by atoms with Gasteiger partial charge in [0, 0.05) is 15.6 Å². The number of hydrazone groups is 1. The highest BCUT2D eigenvalue weighted by molar-refractivity contribution is 7.92. The minimum Gasteiger partial charge on any atom is -0.455 e. The monoisotopic (exact) mass is 575 g/mol. The Hall–Kier alpha value is -3.30. The Morgan fingerprint density at radius 1 is 0.973 bits per heavy atom. The summed E-state index contributed by atoms with van der Waals surface area (Å²) in [5, 5.41) is 5.15. The molecule has 0 unspecified atom stereocenters. The first-order valence-electron chi connectivity index (χ1n) is 10.9. The van der Waals surface area contributed by atoms with E-state index in [9.17, 15) is 13.2 Å². The normalized spacial score (nSPS) is 11.6. The van der Waals surface area contributed by atoms with Crippen molar-refractivity contribution in [1.82, 2.24) is 5.43 Å². The molecule has 4 rings (SSSR count). The van der Waals surface area contributed by atoms with E-state index in [-0.39, 0.29) is 10.6 Å². The molecule has 190 valence electrons. The van der Waals surface area contributed by atoms with E-state index in [2.05, 4.69) is 10.5 Å². The SMILES string of the molecule is Cc1ccc(S(=O)(=O)N(CC(=O)N/N=C\c2ccc(-c3ccc(Cl)cc3Cl)o2)c2cccc(Cl)c2)cc1. The van der Waals surface area contributed by atoms with Crippen molar-refractivity contribution in [2.45, 2.75) is 11.8 Å². The smallest absolute Gasteiger partial charge is 0.264 e. The van der Waals surface area contributed by atoms with Crippen molar-refractivity contribution in [2.75, 3.05) is 10.8 Å². The van der Waals surface area contributed by atoms with E-state index in [1.807, 2.05) is 6.92 Å². The highest BCUT2D eigenvalue weighted by Gasteiger charge is 2.27. The largest absolute Gasteiger partial charge is 0.455 e.